The van der Waals surface area contributed by atoms with Crippen molar-refractivity contribution < 1.29 is 4.74 Å². The summed E-state index contributed by atoms with van der Waals surface area (Å²) in [5, 5.41) is 0. The predicted molar refractivity (Wildman–Crippen MR) is 67.1 cm³/mol. The Morgan fingerprint density at radius 1 is 1.31 bits per heavy atom. The van der Waals surface area contributed by atoms with E-state index < -0.39 is 0 Å². The second kappa shape index (κ2) is 5.35. The van der Waals surface area contributed by atoms with Crippen LogP contribution >= 0.6 is 0 Å². The zero-order valence-electron chi connectivity index (χ0n) is 10.3. The summed E-state index contributed by atoms with van der Waals surface area (Å²) in [4.78, 5) is 2.24. The minimum atomic E-state index is 0.882. The molecule has 0 saturated carbocycles. The van der Waals surface area contributed by atoms with Gasteiger partial charge in [-0.3, -0.25) is 0 Å². The normalized spacial score (nSPS) is 14.7. The summed E-state index contributed by atoms with van der Waals surface area (Å²) in [7, 11) is 4.25. The quantitative estimate of drug-likeness (QED) is 0.771. The Morgan fingerprint density at radius 2 is 2.19 bits per heavy atom. The van der Waals surface area contributed by atoms with Crippen molar-refractivity contribution in [1.29, 1.82) is 0 Å². The molecule has 0 bridgehead atoms. The maximum atomic E-state index is 5.61. The standard InChI is InChI=1S/C14H21NO/c1-15(2)9-3-5-12-7-8-14-13(11-12)6-4-10-16-14/h7-8,11H,3-6,9-10H2,1-2H3. The highest BCUT2D eigenvalue weighted by atomic mass is 16.5. The van der Waals surface area contributed by atoms with Crippen molar-refractivity contribution in [3.8, 4) is 5.75 Å². The molecule has 88 valence electrons. The van der Waals surface area contributed by atoms with Gasteiger partial charge in [-0.15, -0.1) is 0 Å². The summed E-state index contributed by atoms with van der Waals surface area (Å²) in [5.74, 6) is 1.10. The molecule has 2 heteroatoms. The first-order chi connectivity index (χ1) is 7.75. The van der Waals surface area contributed by atoms with Crippen molar-refractivity contribution in [3.63, 3.8) is 0 Å². The first-order valence-corrected chi connectivity index (χ1v) is 6.15. The highest BCUT2D eigenvalue weighted by Crippen LogP contribution is 2.25. The third-order valence-corrected chi connectivity index (χ3v) is 3.04. The van der Waals surface area contributed by atoms with Gasteiger partial charge in [0, 0.05) is 0 Å². The third kappa shape index (κ3) is 2.99. The van der Waals surface area contributed by atoms with Crippen molar-refractivity contribution in [2.24, 2.45) is 0 Å². The molecule has 0 aliphatic carbocycles. The molecule has 0 atom stereocenters. The number of fused-ring (bicyclic) bond motifs is 1. The van der Waals surface area contributed by atoms with Crippen molar-refractivity contribution in [2.75, 3.05) is 27.2 Å². The van der Waals surface area contributed by atoms with E-state index in [0.29, 0.717) is 0 Å². The Morgan fingerprint density at radius 3 is 3.00 bits per heavy atom. The van der Waals surface area contributed by atoms with E-state index in [0.717, 1.165) is 25.3 Å². The summed E-state index contributed by atoms with van der Waals surface area (Å²) in [6.45, 7) is 2.04. The fraction of sp³-hybridized carbons (Fsp3) is 0.571. The molecule has 1 aromatic rings. The monoisotopic (exact) mass is 219 g/mol. The molecule has 0 aromatic heterocycles. The van der Waals surface area contributed by atoms with E-state index in [1.54, 1.807) is 0 Å². The number of nitrogens with zero attached hydrogens (tertiary/aromatic N) is 1. The van der Waals surface area contributed by atoms with Crippen LogP contribution in [-0.2, 0) is 12.8 Å². The van der Waals surface area contributed by atoms with Crippen LogP contribution in [0.3, 0.4) is 0 Å². The molecule has 0 amide bonds. The van der Waals surface area contributed by atoms with Crippen molar-refractivity contribution >= 4 is 0 Å². The van der Waals surface area contributed by atoms with E-state index in [-0.39, 0.29) is 0 Å². The van der Waals surface area contributed by atoms with E-state index >= 15 is 0 Å². The van der Waals surface area contributed by atoms with Gasteiger partial charge in [0.1, 0.15) is 5.75 Å². The first-order valence-electron chi connectivity index (χ1n) is 6.15. The summed E-state index contributed by atoms with van der Waals surface area (Å²) in [6.07, 6.45) is 4.74. The van der Waals surface area contributed by atoms with Gasteiger partial charge >= 0.3 is 0 Å². The summed E-state index contributed by atoms with van der Waals surface area (Å²) in [5.41, 5.74) is 2.85. The van der Waals surface area contributed by atoms with Gasteiger partial charge < -0.3 is 9.64 Å². The molecule has 0 saturated heterocycles. The van der Waals surface area contributed by atoms with Gasteiger partial charge in [0.15, 0.2) is 0 Å². The van der Waals surface area contributed by atoms with Crippen molar-refractivity contribution in [1.82, 2.24) is 4.90 Å². The van der Waals surface area contributed by atoms with Gasteiger partial charge in [0.25, 0.3) is 0 Å². The molecular weight excluding hydrogens is 198 g/mol. The first kappa shape index (κ1) is 11.5. The molecule has 0 fully saturated rings. The van der Waals surface area contributed by atoms with E-state index in [4.69, 9.17) is 4.74 Å². The second-order valence-corrected chi connectivity index (χ2v) is 4.80. The van der Waals surface area contributed by atoms with Crippen molar-refractivity contribution in [3.05, 3.63) is 29.3 Å². The highest BCUT2D eigenvalue weighted by Gasteiger charge is 2.10. The molecule has 0 unspecified atom stereocenters. The van der Waals surface area contributed by atoms with Crippen LogP contribution in [0.1, 0.15) is 24.0 Å². The van der Waals surface area contributed by atoms with Gasteiger partial charge in [0.05, 0.1) is 6.61 Å². The summed E-state index contributed by atoms with van der Waals surface area (Å²) in [6, 6.07) is 6.67. The van der Waals surface area contributed by atoms with Gasteiger partial charge in [-0.25, -0.2) is 0 Å². The van der Waals surface area contributed by atoms with Crippen LogP contribution in [0.4, 0.5) is 0 Å². The molecule has 2 nitrogen and oxygen atoms in total. The van der Waals surface area contributed by atoms with E-state index in [9.17, 15) is 0 Å². The Labute approximate surface area is 98.2 Å². The zero-order valence-corrected chi connectivity index (χ0v) is 10.3. The minimum absolute atomic E-state index is 0.882. The predicted octanol–water partition coefficient (Wildman–Crippen LogP) is 2.51. The van der Waals surface area contributed by atoms with Crippen molar-refractivity contribution in [2.45, 2.75) is 25.7 Å². The average molecular weight is 219 g/mol. The molecule has 1 aromatic carbocycles. The Hall–Kier alpha value is -1.02. The number of benzene rings is 1. The highest BCUT2D eigenvalue weighted by molar-refractivity contribution is 5.38. The molecule has 1 heterocycles. The Kier molecular flexibility index (Phi) is 3.83. The Bertz CT molecular complexity index is 347. The van der Waals surface area contributed by atoms with Crippen LogP contribution in [0.15, 0.2) is 18.2 Å². The molecule has 2 rings (SSSR count). The lowest BCUT2D eigenvalue weighted by Crippen LogP contribution is -2.13. The van der Waals surface area contributed by atoms with Crippen LogP contribution in [-0.4, -0.2) is 32.1 Å². The van der Waals surface area contributed by atoms with Gasteiger partial charge in [0.2, 0.25) is 0 Å². The molecule has 0 spiro atoms. The minimum Gasteiger partial charge on any atom is -0.493 e. The number of ether oxygens (including phenoxy) is 1. The lowest BCUT2D eigenvalue weighted by atomic mass is 10.0. The van der Waals surface area contributed by atoms with Crippen LogP contribution in [0.5, 0.6) is 5.75 Å². The fourth-order valence-electron chi connectivity index (χ4n) is 2.17. The van der Waals surface area contributed by atoms with E-state index in [1.165, 1.54) is 30.4 Å². The fourth-order valence-corrected chi connectivity index (χ4v) is 2.17. The molecule has 16 heavy (non-hydrogen) atoms. The second-order valence-electron chi connectivity index (χ2n) is 4.80. The molecule has 1 aliphatic heterocycles. The number of hydrogen-bond acceptors (Lipinski definition) is 2. The molecular formula is C14H21NO. The van der Waals surface area contributed by atoms with Gasteiger partial charge in [-0.2, -0.15) is 0 Å². The van der Waals surface area contributed by atoms with E-state index in [2.05, 4.69) is 37.2 Å². The summed E-state index contributed by atoms with van der Waals surface area (Å²) < 4.78 is 5.61. The summed E-state index contributed by atoms with van der Waals surface area (Å²) >= 11 is 0. The largest absolute Gasteiger partial charge is 0.493 e. The van der Waals surface area contributed by atoms with Gasteiger partial charge in [-0.1, -0.05) is 12.1 Å². The van der Waals surface area contributed by atoms with E-state index in [1.807, 2.05) is 0 Å². The van der Waals surface area contributed by atoms with Crippen LogP contribution in [0, 0.1) is 0 Å². The lowest BCUT2D eigenvalue weighted by molar-refractivity contribution is 0.288. The number of hydrogen-bond donors (Lipinski definition) is 0. The SMILES string of the molecule is CN(C)CCCc1ccc2c(c1)CCCO2. The molecule has 0 N–H and O–H groups in total. The topological polar surface area (TPSA) is 12.5 Å². The van der Waals surface area contributed by atoms with Crippen LogP contribution in [0.25, 0.3) is 0 Å². The molecule has 0 radical (unpaired) electrons. The van der Waals surface area contributed by atoms with Crippen LogP contribution in [0.2, 0.25) is 0 Å². The van der Waals surface area contributed by atoms with Crippen LogP contribution < -0.4 is 4.74 Å². The maximum absolute atomic E-state index is 5.61. The lowest BCUT2D eigenvalue weighted by Gasteiger charge is -2.18. The average Bonchev–Trinajstić information content (AvgIpc) is 2.28. The zero-order chi connectivity index (χ0) is 11.4. The van der Waals surface area contributed by atoms with Gasteiger partial charge in [-0.05, 0) is 63.5 Å². The smallest absolute Gasteiger partial charge is 0.122 e. The number of aryl methyl sites for hydroxylation is 2. The maximum Gasteiger partial charge on any atom is 0.122 e. The Balaban J connectivity index is 1.95. The molecule has 1 aliphatic rings. The number of rotatable bonds is 4. The third-order valence-electron chi connectivity index (χ3n) is 3.04.